The molecule has 0 atom stereocenters. The van der Waals surface area contributed by atoms with Gasteiger partial charge in [-0.25, -0.2) is 0 Å². The number of para-hydroxylation sites is 1. The Morgan fingerprint density at radius 2 is 1.90 bits per heavy atom. The van der Waals surface area contributed by atoms with Crippen molar-refractivity contribution in [2.45, 2.75) is 20.3 Å². The van der Waals surface area contributed by atoms with Crippen LogP contribution in [0.15, 0.2) is 47.6 Å². The lowest BCUT2D eigenvalue weighted by molar-refractivity contribution is 0.318. The van der Waals surface area contributed by atoms with Gasteiger partial charge in [-0.15, -0.1) is 0 Å². The van der Waals surface area contributed by atoms with Gasteiger partial charge in [-0.05, 0) is 42.7 Å². The largest absolute Gasteiger partial charge is 0.456 e. The topological polar surface area (TPSA) is 67.8 Å². The van der Waals surface area contributed by atoms with Gasteiger partial charge in [0.2, 0.25) is 0 Å². The molecule has 104 valence electrons. The van der Waals surface area contributed by atoms with E-state index in [-0.39, 0.29) is 5.84 Å². The van der Waals surface area contributed by atoms with E-state index in [4.69, 9.17) is 15.7 Å². The summed E-state index contributed by atoms with van der Waals surface area (Å²) in [4.78, 5) is 0. The molecule has 0 aliphatic carbocycles. The van der Waals surface area contributed by atoms with Crippen LogP contribution in [0.2, 0.25) is 0 Å². The zero-order valence-electron chi connectivity index (χ0n) is 11.6. The number of nitrogens with zero attached hydrogens (tertiary/aromatic N) is 1. The first kappa shape index (κ1) is 13.9. The third kappa shape index (κ3) is 2.91. The van der Waals surface area contributed by atoms with E-state index in [0.717, 1.165) is 17.7 Å². The number of benzene rings is 2. The first-order chi connectivity index (χ1) is 9.65. The van der Waals surface area contributed by atoms with Crippen molar-refractivity contribution in [2.75, 3.05) is 0 Å². The fourth-order valence-electron chi connectivity index (χ4n) is 1.95. The first-order valence-electron chi connectivity index (χ1n) is 6.50. The standard InChI is InChI=1S/C16H18N2O2/c1-3-12-7-9-13(10-8-12)20-15-11(2)5-4-6-14(15)16(17)18-19/h4-10,19H,3H2,1-2H3,(H2,17,18). The van der Waals surface area contributed by atoms with E-state index in [9.17, 15) is 0 Å². The molecular weight excluding hydrogens is 252 g/mol. The van der Waals surface area contributed by atoms with E-state index in [1.54, 1.807) is 6.07 Å². The number of rotatable bonds is 4. The van der Waals surface area contributed by atoms with Gasteiger partial charge in [0.1, 0.15) is 11.5 Å². The average Bonchev–Trinajstić information content (AvgIpc) is 2.49. The van der Waals surface area contributed by atoms with E-state index < -0.39 is 0 Å². The molecule has 0 radical (unpaired) electrons. The number of aryl methyl sites for hydroxylation is 2. The summed E-state index contributed by atoms with van der Waals surface area (Å²) < 4.78 is 5.89. The quantitative estimate of drug-likeness (QED) is 0.387. The Hall–Kier alpha value is -2.49. The molecule has 4 heteroatoms. The maximum absolute atomic E-state index is 8.85. The molecule has 0 unspecified atom stereocenters. The predicted molar refractivity (Wildman–Crippen MR) is 79.6 cm³/mol. The number of nitrogens with two attached hydrogens (primary N) is 1. The van der Waals surface area contributed by atoms with Crippen LogP contribution in [-0.2, 0) is 6.42 Å². The third-order valence-corrected chi connectivity index (χ3v) is 3.15. The van der Waals surface area contributed by atoms with Crippen LogP contribution in [0.3, 0.4) is 0 Å². The van der Waals surface area contributed by atoms with Crippen LogP contribution in [0.1, 0.15) is 23.6 Å². The summed E-state index contributed by atoms with van der Waals surface area (Å²) in [5.74, 6) is 1.37. The highest BCUT2D eigenvalue weighted by atomic mass is 16.5. The number of hydrogen-bond acceptors (Lipinski definition) is 3. The van der Waals surface area contributed by atoms with Crippen LogP contribution < -0.4 is 10.5 Å². The number of hydrogen-bond donors (Lipinski definition) is 2. The fraction of sp³-hybridized carbons (Fsp3) is 0.188. The molecule has 0 saturated carbocycles. The Bertz CT molecular complexity index is 619. The van der Waals surface area contributed by atoms with Crippen LogP contribution in [-0.4, -0.2) is 11.0 Å². The molecule has 0 aromatic heterocycles. The van der Waals surface area contributed by atoms with Crippen LogP contribution in [0.4, 0.5) is 0 Å². The Kier molecular flexibility index (Phi) is 4.25. The number of ether oxygens (including phenoxy) is 1. The molecule has 0 aliphatic heterocycles. The van der Waals surface area contributed by atoms with Gasteiger partial charge in [-0.3, -0.25) is 0 Å². The van der Waals surface area contributed by atoms with Gasteiger partial charge in [0.15, 0.2) is 5.84 Å². The van der Waals surface area contributed by atoms with Gasteiger partial charge in [0, 0.05) is 0 Å². The first-order valence-corrected chi connectivity index (χ1v) is 6.50. The Balaban J connectivity index is 2.37. The Morgan fingerprint density at radius 1 is 1.20 bits per heavy atom. The summed E-state index contributed by atoms with van der Waals surface area (Å²) in [5, 5.41) is 11.9. The number of amidine groups is 1. The van der Waals surface area contributed by atoms with Crippen molar-refractivity contribution >= 4 is 5.84 Å². The molecule has 0 aliphatic rings. The van der Waals surface area contributed by atoms with E-state index in [2.05, 4.69) is 12.1 Å². The van der Waals surface area contributed by atoms with Crippen molar-refractivity contribution in [2.24, 2.45) is 10.9 Å². The van der Waals surface area contributed by atoms with E-state index in [1.165, 1.54) is 5.56 Å². The minimum Gasteiger partial charge on any atom is -0.456 e. The van der Waals surface area contributed by atoms with Crippen LogP contribution in [0, 0.1) is 6.92 Å². The maximum Gasteiger partial charge on any atom is 0.173 e. The second-order valence-corrected chi connectivity index (χ2v) is 4.54. The fourth-order valence-corrected chi connectivity index (χ4v) is 1.95. The average molecular weight is 270 g/mol. The van der Waals surface area contributed by atoms with Crippen molar-refractivity contribution in [3.05, 3.63) is 59.2 Å². The van der Waals surface area contributed by atoms with Gasteiger partial charge in [0.25, 0.3) is 0 Å². The van der Waals surface area contributed by atoms with E-state index >= 15 is 0 Å². The summed E-state index contributed by atoms with van der Waals surface area (Å²) in [6, 6.07) is 13.4. The minimum absolute atomic E-state index is 0.0360. The number of oxime groups is 1. The summed E-state index contributed by atoms with van der Waals surface area (Å²) in [6.45, 7) is 4.03. The molecule has 0 amide bonds. The molecular formula is C16H18N2O2. The van der Waals surface area contributed by atoms with Crippen molar-refractivity contribution in [3.8, 4) is 11.5 Å². The molecule has 0 bridgehead atoms. The molecule has 3 N–H and O–H groups in total. The minimum atomic E-state index is 0.0360. The van der Waals surface area contributed by atoms with Crippen molar-refractivity contribution < 1.29 is 9.94 Å². The molecule has 0 fully saturated rings. The Morgan fingerprint density at radius 3 is 2.50 bits per heavy atom. The smallest absolute Gasteiger partial charge is 0.173 e. The lowest BCUT2D eigenvalue weighted by Crippen LogP contribution is -2.14. The SMILES string of the molecule is CCc1ccc(Oc2c(C)cccc2/C(N)=N/O)cc1. The molecule has 2 aromatic carbocycles. The van der Waals surface area contributed by atoms with Crippen LogP contribution >= 0.6 is 0 Å². The second-order valence-electron chi connectivity index (χ2n) is 4.54. The van der Waals surface area contributed by atoms with Gasteiger partial charge in [0.05, 0.1) is 5.56 Å². The normalized spacial score (nSPS) is 11.4. The highest BCUT2D eigenvalue weighted by molar-refractivity contribution is 6.00. The van der Waals surface area contributed by atoms with Gasteiger partial charge >= 0.3 is 0 Å². The van der Waals surface area contributed by atoms with Gasteiger partial charge < -0.3 is 15.7 Å². The zero-order chi connectivity index (χ0) is 14.5. The maximum atomic E-state index is 8.85. The molecule has 2 rings (SSSR count). The second kappa shape index (κ2) is 6.10. The predicted octanol–water partition coefficient (Wildman–Crippen LogP) is 3.44. The van der Waals surface area contributed by atoms with Gasteiger partial charge in [-0.1, -0.05) is 36.3 Å². The molecule has 0 heterocycles. The van der Waals surface area contributed by atoms with Crippen LogP contribution in [0.5, 0.6) is 11.5 Å². The third-order valence-electron chi connectivity index (χ3n) is 3.15. The molecule has 20 heavy (non-hydrogen) atoms. The monoisotopic (exact) mass is 270 g/mol. The van der Waals surface area contributed by atoms with Crippen molar-refractivity contribution in [3.63, 3.8) is 0 Å². The summed E-state index contributed by atoms with van der Waals surface area (Å²) in [7, 11) is 0. The van der Waals surface area contributed by atoms with E-state index in [1.807, 2.05) is 43.3 Å². The summed E-state index contributed by atoms with van der Waals surface area (Å²) in [5.41, 5.74) is 8.43. The molecule has 0 spiro atoms. The molecule has 4 nitrogen and oxygen atoms in total. The van der Waals surface area contributed by atoms with Gasteiger partial charge in [-0.2, -0.15) is 0 Å². The highest BCUT2D eigenvalue weighted by Crippen LogP contribution is 2.29. The van der Waals surface area contributed by atoms with Crippen molar-refractivity contribution in [1.29, 1.82) is 0 Å². The zero-order valence-corrected chi connectivity index (χ0v) is 11.6. The van der Waals surface area contributed by atoms with Crippen molar-refractivity contribution in [1.82, 2.24) is 0 Å². The molecule has 0 saturated heterocycles. The summed E-state index contributed by atoms with van der Waals surface area (Å²) in [6.07, 6.45) is 0.986. The Labute approximate surface area is 118 Å². The van der Waals surface area contributed by atoms with E-state index in [0.29, 0.717) is 11.3 Å². The summed E-state index contributed by atoms with van der Waals surface area (Å²) >= 11 is 0. The molecule has 2 aromatic rings. The highest BCUT2D eigenvalue weighted by Gasteiger charge is 2.11. The lowest BCUT2D eigenvalue weighted by atomic mass is 10.1. The lowest BCUT2D eigenvalue weighted by Gasteiger charge is -2.13. The van der Waals surface area contributed by atoms with Crippen LogP contribution in [0.25, 0.3) is 0 Å².